The van der Waals surface area contributed by atoms with E-state index >= 15 is 0 Å². The summed E-state index contributed by atoms with van der Waals surface area (Å²) >= 11 is 0. The molecule has 1 atom stereocenters. The number of nitrogens with one attached hydrogen (secondary N) is 2. The van der Waals surface area contributed by atoms with Crippen LogP contribution in [0, 0.1) is 0 Å². The lowest BCUT2D eigenvalue weighted by atomic mass is 9.90. The van der Waals surface area contributed by atoms with E-state index in [-0.39, 0.29) is 6.54 Å². The van der Waals surface area contributed by atoms with E-state index in [1.807, 2.05) is 78.9 Å². The summed E-state index contributed by atoms with van der Waals surface area (Å²) in [5.41, 5.74) is 0.0506. The van der Waals surface area contributed by atoms with E-state index in [1.54, 1.807) is 13.0 Å². The number of amides is 4. The number of imide groups is 1. The normalized spacial score (nSPS) is 18.2. The van der Waals surface area contributed by atoms with E-state index in [4.69, 9.17) is 0 Å². The van der Waals surface area contributed by atoms with Crippen molar-refractivity contribution in [1.82, 2.24) is 10.2 Å². The van der Waals surface area contributed by atoms with Gasteiger partial charge in [-0.15, -0.1) is 0 Å². The Kier molecular flexibility index (Phi) is 4.63. The highest BCUT2D eigenvalue weighted by Crippen LogP contribution is 2.31. The van der Waals surface area contributed by atoms with Crippen molar-refractivity contribution < 1.29 is 14.4 Å². The minimum Gasteiger partial charge on any atom is -0.325 e. The highest BCUT2D eigenvalue weighted by molar-refractivity contribution is 6.10. The third-order valence-electron chi connectivity index (χ3n) is 5.94. The fourth-order valence-electron chi connectivity index (χ4n) is 4.15. The maximum Gasteiger partial charge on any atom is 0.325 e. The van der Waals surface area contributed by atoms with Crippen LogP contribution in [0.1, 0.15) is 12.5 Å². The van der Waals surface area contributed by atoms with Crippen LogP contribution in [-0.4, -0.2) is 29.3 Å². The Bertz CT molecular complexity index is 1400. The summed E-state index contributed by atoms with van der Waals surface area (Å²) in [6.45, 7) is 1.30. The third kappa shape index (κ3) is 3.36. The Morgan fingerprint density at radius 2 is 1.44 bits per heavy atom. The number of hydrogen-bond acceptors (Lipinski definition) is 3. The first-order valence-electron chi connectivity index (χ1n) is 10.4. The molecule has 6 nitrogen and oxygen atoms in total. The highest BCUT2D eigenvalue weighted by atomic mass is 16.2. The van der Waals surface area contributed by atoms with Gasteiger partial charge in [0, 0.05) is 5.69 Å². The number of nitrogens with zero attached hydrogens (tertiary/aromatic N) is 1. The number of fused-ring (bicyclic) bond motifs is 2. The molecule has 0 aliphatic carbocycles. The average Bonchev–Trinajstić information content (AvgIpc) is 3.02. The molecule has 0 radical (unpaired) electrons. The number of hydrogen-bond donors (Lipinski definition) is 2. The first kappa shape index (κ1) is 19.8. The Morgan fingerprint density at radius 1 is 0.844 bits per heavy atom. The van der Waals surface area contributed by atoms with Crippen LogP contribution in [-0.2, 0) is 15.1 Å². The monoisotopic (exact) mass is 423 g/mol. The van der Waals surface area contributed by atoms with Gasteiger partial charge in [-0.3, -0.25) is 14.5 Å². The van der Waals surface area contributed by atoms with Crippen molar-refractivity contribution in [2.45, 2.75) is 12.5 Å². The molecule has 1 aliphatic heterocycles. The van der Waals surface area contributed by atoms with E-state index in [9.17, 15) is 14.4 Å². The second-order valence-electron chi connectivity index (χ2n) is 8.12. The molecule has 0 spiro atoms. The summed E-state index contributed by atoms with van der Waals surface area (Å²) in [6.07, 6.45) is 0. The van der Waals surface area contributed by atoms with Crippen molar-refractivity contribution in [2.75, 3.05) is 11.9 Å². The van der Waals surface area contributed by atoms with Crippen molar-refractivity contribution in [2.24, 2.45) is 0 Å². The molecule has 4 aromatic carbocycles. The molecule has 5 rings (SSSR count). The summed E-state index contributed by atoms with van der Waals surface area (Å²) in [7, 11) is 0. The third-order valence-corrected chi connectivity index (χ3v) is 5.94. The fraction of sp³-hybridized carbons (Fsp3) is 0.115. The van der Waals surface area contributed by atoms with Crippen LogP contribution in [0.5, 0.6) is 0 Å². The van der Waals surface area contributed by atoms with Gasteiger partial charge in [0.2, 0.25) is 5.91 Å². The van der Waals surface area contributed by atoms with Crippen molar-refractivity contribution in [3.63, 3.8) is 0 Å². The molecule has 1 aliphatic rings. The molecule has 0 bridgehead atoms. The molecule has 1 heterocycles. The van der Waals surface area contributed by atoms with Gasteiger partial charge in [-0.25, -0.2) is 4.79 Å². The van der Waals surface area contributed by atoms with E-state index in [0.29, 0.717) is 11.3 Å². The molecule has 0 aromatic heterocycles. The smallest absolute Gasteiger partial charge is 0.325 e. The second-order valence-corrected chi connectivity index (χ2v) is 8.12. The zero-order chi connectivity index (χ0) is 22.3. The predicted octanol–water partition coefficient (Wildman–Crippen LogP) is 4.40. The van der Waals surface area contributed by atoms with Gasteiger partial charge in [0.05, 0.1) is 0 Å². The Balaban J connectivity index is 1.35. The van der Waals surface area contributed by atoms with Gasteiger partial charge < -0.3 is 10.6 Å². The summed E-state index contributed by atoms with van der Waals surface area (Å²) in [4.78, 5) is 39.4. The van der Waals surface area contributed by atoms with Crippen molar-refractivity contribution in [1.29, 1.82) is 0 Å². The number of benzene rings is 4. The molecule has 1 fully saturated rings. The number of urea groups is 1. The molecular formula is C26H21N3O3. The van der Waals surface area contributed by atoms with Crippen LogP contribution < -0.4 is 10.6 Å². The fourth-order valence-corrected chi connectivity index (χ4v) is 4.15. The van der Waals surface area contributed by atoms with Crippen LogP contribution in [0.15, 0.2) is 84.9 Å². The van der Waals surface area contributed by atoms with Crippen LogP contribution in [0.4, 0.5) is 10.5 Å². The molecule has 158 valence electrons. The molecule has 6 heteroatoms. The van der Waals surface area contributed by atoms with Gasteiger partial charge in [-0.2, -0.15) is 0 Å². The highest BCUT2D eigenvalue weighted by Gasteiger charge is 2.49. The second kappa shape index (κ2) is 7.50. The Labute approximate surface area is 184 Å². The lowest BCUT2D eigenvalue weighted by molar-refractivity contribution is -0.133. The quantitative estimate of drug-likeness (QED) is 0.478. The average molecular weight is 423 g/mol. The van der Waals surface area contributed by atoms with Crippen LogP contribution in [0.25, 0.3) is 21.5 Å². The van der Waals surface area contributed by atoms with E-state index in [1.165, 1.54) is 0 Å². The maximum absolute atomic E-state index is 13.2. The molecule has 4 aromatic rings. The first-order valence-corrected chi connectivity index (χ1v) is 10.4. The summed E-state index contributed by atoms with van der Waals surface area (Å²) in [5.74, 6) is -0.891. The largest absolute Gasteiger partial charge is 0.325 e. The van der Waals surface area contributed by atoms with Crippen LogP contribution in [0.3, 0.4) is 0 Å². The predicted molar refractivity (Wildman–Crippen MR) is 124 cm³/mol. The standard InChI is InChI=1S/C26H21N3O3/c1-26(21-12-10-17-6-2-4-8-19(17)14-21)24(31)29(25(32)28-26)16-23(30)27-22-13-11-18-7-3-5-9-20(18)15-22/h2-15H,16H2,1H3,(H,27,30)(H,28,32). The minimum absolute atomic E-state index is 0.360. The van der Waals surface area contributed by atoms with E-state index in [0.717, 1.165) is 26.4 Å². The molecule has 4 amide bonds. The molecule has 1 unspecified atom stereocenters. The molecular weight excluding hydrogens is 402 g/mol. The first-order chi connectivity index (χ1) is 15.4. The zero-order valence-corrected chi connectivity index (χ0v) is 17.5. The Morgan fingerprint density at radius 3 is 2.12 bits per heavy atom. The van der Waals surface area contributed by atoms with Gasteiger partial charge in [-0.1, -0.05) is 66.7 Å². The summed E-state index contributed by atoms with van der Waals surface area (Å²) in [6, 6.07) is 26.3. The van der Waals surface area contributed by atoms with Crippen molar-refractivity contribution >= 4 is 45.1 Å². The van der Waals surface area contributed by atoms with Crippen molar-refractivity contribution in [3.05, 3.63) is 90.5 Å². The summed E-state index contributed by atoms with van der Waals surface area (Å²) < 4.78 is 0. The number of rotatable bonds is 4. The molecule has 0 saturated carbocycles. The van der Waals surface area contributed by atoms with Crippen molar-refractivity contribution in [3.8, 4) is 0 Å². The maximum atomic E-state index is 13.2. The molecule has 2 N–H and O–H groups in total. The van der Waals surface area contributed by atoms with Gasteiger partial charge in [0.15, 0.2) is 0 Å². The molecule has 1 saturated heterocycles. The lowest BCUT2D eigenvalue weighted by Gasteiger charge is -2.22. The van der Waals surface area contributed by atoms with Gasteiger partial charge in [0.1, 0.15) is 12.1 Å². The Hall–Kier alpha value is -4.19. The number of carbonyl (C=O) groups is 3. The zero-order valence-electron chi connectivity index (χ0n) is 17.5. The lowest BCUT2D eigenvalue weighted by Crippen LogP contribution is -2.42. The van der Waals surface area contributed by atoms with Gasteiger partial charge >= 0.3 is 6.03 Å². The van der Waals surface area contributed by atoms with Gasteiger partial charge in [0.25, 0.3) is 5.91 Å². The topological polar surface area (TPSA) is 78.5 Å². The van der Waals surface area contributed by atoms with Crippen LogP contribution >= 0.6 is 0 Å². The van der Waals surface area contributed by atoms with E-state index in [2.05, 4.69) is 10.6 Å². The number of carbonyl (C=O) groups excluding carboxylic acids is 3. The van der Waals surface area contributed by atoms with Crippen LogP contribution in [0.2, 0.25) is 0 Å². The minimum atomic E-state index is -1.23. The SMILES string of the molecule is CC1(c2ccc3ccccc3c2)NC(=O)N(CC(=O)Nc2ccc3ccccc3c2)C1=O. The molecule has 32 heavy (non-hydrogen) atoms. The van der Waals surface area contributed by atoms with E-state index < -0.39 is 23.4 Å². The van der Waals surface area contributed by atoms with Gasteiger partial charge in [-0.05, 0) is 52.2 Å². The number of anilines is 1. The summed E-state index contributed by atoms with van der Waals surface area (Å²) in [5, 5.41) is 9.61.